The van der Waals surface area contributed by atoms with Crippen molar-refractivity contribution in [1.29, 1.82) is 0 Å². The molecular weight excluding hydrogens is 184 g/mol. The van der Waals surface area contributed by atoms with Gasteiger partial charge in [0.25, 0.3) is 0 Å². The van der Waals surface area contributed by atoms with Gasteiger partial charge in [-0.3, -0.25) is 0 Å². The van der Waals surface area contributed by atoms with Crippen LogP contribution in [0.5, 0.6) is 0 Å². The average Bonchev–Trinajstić information content (AvgIpc) is 2.74. The second kappa shape index (κ2) is 5.86. The number of rotatable bonds is 4. The summed E-state index contributed by atoms with van der Waals surface area (Å²) in [5, 5.41) is 7.08. The van der Waals surface area contributed by atoms with E-state index >= 15 is 0 Å². The van der Waals surface area contributed by atoms with Gasteiger partial charge in [-0.15, -0.1) is 0 Å². The first-order chi connectivity index (χ1) is 7.34. The Morgan fingerprint density at radius 3 is 2.60 bits per heavy atom. The van der Waals surface area contributed by atoms with Gasteiger partial charge in [0.2, 0.25) is 0 Å². The van der Waals surface area contributed by atoms with Crippen molar-refractivity contribution in [3.63, 3.8) is 0 Å². The molecule has 2 rings (SSSR count). The Morgan fingerprint density at radius 1 is 1.13 bits per heavy atom. The molecule has 15 heavy (non-hydrogen) atoms. The maximum Gasteiger partial charge on any atom is 0.0204 e. The maximum absolute atomic E-state index is 3.68. The lowest BCUT2D eigenvalue weighted by Crippen LogP contribution is -2.32. The molecule has 0 aromatic rings. The molecular formula is C13H26N2. The molecule has 0 radical (unpaired) electrons. The fourth-order valence-corrected chi connectivity index (χ4v) is 2.94. The largest absolute Gasteiger partial charge is 0.315 e. The van der Waals surface area contributed by atoms with E-state index in [1.165, 1.54) is 58.2 Å². The van der Waals surface area contributed by atoms with Crippen molar-refractivity contribution in [1.82, 2.24) is 10.6 Å². The Morgan fingerprint density at radius 2 is 1.93 bits per heavy atom. The molecule has 0 bridgehead atoms. The molecule has 2 nitrogen and oxygen atoms in total. The van der Waals surface area contributed by atoms with E-state index in [1.807, 2.05) is 0 Å². The first-order valence-electron chi connectivity index (χ1n) is 6.78. The van der Waals surface area contributed by atoms with Crippen LogP contribution < -0.4 is 10.6 Å². The van der Waals surface area contributed by atoms with Gasteiger partial charge in [0.05, 0.1) is 0 Å². The van der Waals surface area contributed by atoms with E-state index in [2.05, 4.69) is 17.6 Å². The molecule has 2 N–H and O–H groups in total. The molecule has 0 spiro atoms. The van der Waals surface area contributed by atoms with Crippen molar-refractivity contribution in [3.8, 4) is 0 Å². The molecule has 1 aliphatic heterocycles. The Kier molecular flexibility index (Phi) is 4.45. The molecule has 1 saturated heterocycles. The van der Waals surface area contributed by atoms with Crippen LogP contribution in [0.1, 0.15) is 45.4 Å². The lowest BCUT2D eigenvalue weighted by Gasteiger charge is -2.26. The van der Waals surface area contributed by atoms with Gasteiger partial charge in [-0.25, -0.2) is 0 Å². The van der Waals surface area contributed by atoms with Crippen LogP contribution in [-0.2, 0) is 0 Å². The third kappa shape index (κ3) is 3.76. The fourth-order valence-electron chi connectivity index (χ4n) is 2.94. The lowest BCUT2D eigenvalue weighted by atomic mass is 9.81. The van der Waals surface area contributed by atoms with E-state index in [1.54, 1.807) is 0 Å². The van der Waals surface area contributed by atoms with Gasteiger partial charge in [-0.1, -0.05) is 32.6 Å². The SMILES string of the molecule is CC1CCC(CCNC2CCNC2)CC1. The zero-order valence-electron chi connectivity index (χ0n) is 10.1. The molecule has 1 heterocycles. The van der Waals surface area contributed by atoms with Crippen LogP contribution in [0.2, 0.25) is 0 Å². The van der Waals surface area contributed by atoms with Gasteiger partial charge in [0, 0.05) is 12.6 Å². The monoisotopic (exact) mass is 210 g/mol. The van der Waals surface area contributed by atoms with Crippen LogP contribution in [-0.4, -0.2) is 25.7 Å². The first-order valence-corrected chi connectivity index (χ1v) is 6.78. The van der Waals surface area contributed by atoms with Gasteiger partial charge in [-0.05, 0) is 37.8 Å². The summed E-state index contributed by atoms with van der Waals surface area (Å²) in [7, 11) is 0. The normalized spacial score (nSPS) is 37.0. The van der Waals surface area contributed by atoms with Crippen molar-refractivity contribution >= 4 is 0 Å². The number of hydrogen-bond donors (Lipinski definition) is 2. The van der Waals surface area contributed by atoms with E-state index in [9.17, 15) is 0 Å². The summed E-state index contributed by atoms with van der Waals surface area (Å²) in [5.74, 6) is 2.01. The molecule has 0 aromatic carbocycles. The number of nitrogens with one attached hydrogen (secondary N) is 2. The van der Waals surface area contributed by atoms with Gasteiger partial charge in [-0.2, -0.15) is 0 Å². The van der Waals surface area contributed by atoms with Gasteiger partial charge < -0.3 is 10.6 Å². The molecule has 2 heteroatoms. The molecule has 1 unspecified atom stereocenters. The lowest BCUT2D eigenvalue weighted by molar-refractivity contribution is 0.273. The molecule has 1 atom stereocenters. The van der Waals surface area contributed by atoms with Crippen LogP contribution in [0.25, 0.3) is 0 Å². The Bertz CT molecular complexity index is 167. The Balaban J connectivity index is 1.53. The summed E-state index contributed by atoms with van der Waals surface area (Å²) in [6.45, 7) is 6.03. The second-order valence-electron chi connectivity index (χ2n) is 5.56. The predicted octanol–water partition coefficient (Wildman–Crippen LogP) is 2.15. The molecule has 2 fully saturated rings. The third-order valence-electron chi connectivity index (χ3n) is 4.18. The quantitative estimate of drug-likeness (QED) is 0.743. The highest BCUT2D eigenvalue weighted by Crippen LogP contribution is 2.29. The van der Waals surface area contributed by atoms with E-state index in [0.717, 1.165) is 17.9 Å². The molecule has 1 aliphatic carbocycles. The molecule has 0 amide bonds. The summed E-state index contributed by atoms with van der Waals surface area (Å²) >= 11 is 0. The van der Waals surface area contributed by atoms with Crippen molar-refractivity contribution in [2.75, 3.05) is 19.6 Å². The maximum atomic E-state index is 3.68. The number of hydrogen-bond acceptors (Lipinski definition) is 2. The summed E-state index contributed by atoms with van der Waals surface area (Å²) in [6, 6.07) is 0.757. The molecule has 2 aliphatic rings. The van der Waals surface area contributed by atoms with Gasteiger partial charge >= 0.3 is 0 Å². The van der Waals surface area contributed by atoms with E-state index in [0.29, 0.717) is 0 Å². The average molecular weight is 210 g/mol. The van der Waals surface area contributed by atoms with E-state index < -0.39 is 0 Å². The van der Waals surface area contributed by atoms with Crippen LogP contribution >= 0.6 is 0 Å². The first kappa shape index (κ1) is 11.4. The fraction of sp³-hybridized carbons (Fsp3) is 1.00. The van der Waals surface area contributed by atoms with Crippen molar-refractivity contribution in [3.05, 3.63) is 0 Å². The minimum absolute atomic E-state index is 0.757. The smallest absolute Gasteiger partial charge is 0.0204 e. The second-order valence-corrected chi connectivity index (χ2v) is 5.56. The highest BCUT2D eigenvalue weighted by Gasteiger charge is 2.18. The van der Waals surface area contributed by atoms with Crippen LogP contribution in [0.15, 0.2) is 0 Å². The van der Waals surface area contributed by atoms with E-state index in [4.69, 9.17) is 0 Å². The standard InChI is InChI=1S/C13H26N2/c1-11-2-4-12(5-3-11)6-9-15-13-7-8-14-10-13/h11-15H,2-10H2,1H3. The summed E-state index contributed by atoms with van der Waals surface area (Å²) in [5.41, 5.74) is 0. The highest BCUT2D eigenvalue weighted by molar-refractivity contribution is 4.78. The zero-order valence-corrected chi connectivity index (χ0v) is 10.1. The highest BCUT2D eigenvalue weighted by atomic mass is 15.0. The van der Waals surface area contributed by atoms with Crippen molar-refractivity contribution in [2.45, 2.75) is 51.5 Å². The Hall–Kier alpha value is -0.0800. The molecule has 0 aromatic heterocycles. The predicted molar refractivity (Wildman–Crippen MR) is 65.0 cm³/mol. The van der Waals surface area contributed by atoms with Gasteiger partial charge in [0.1, 0.15) is 0 Å². The van der Waals surface area contributed by atoms with Crippen LogP contribution in [0.4, 0.5) is 0 Å². The molecule has 88 valence electrons. The van der Waals surface area contributed by atoms with Gasteiger partial charge in [0.15, 0.2) is 0 Å². The summed E-state index contributed by atoms with van der Waals surface area (Å²) in [4.78, 5) is 0. The van der Waals surface area contributed by atoms with Crippen LogP contribution in [0, 0.1) is 11.8 Å². The third-order valence-corrected chi connectivity index (χ3v) is 4.18. The van der Waals surface area contributed by atoms with Crippen LogP contribution in [0.3, 0.4) is 0 Å². The molecule has 1 saturated carbocycles. The topological polar surface area (TPSA) is 24.1 Å². The summed E-state index contributed by atoms with van der Waals surface area (Å²) < 4.78 is 0. The van der Waals surface area contributed by atoms with Crippen molar-refractivity contribution < 1.29 is 0 Å². The Labute approximate surface area is 94.2 Å². The van der Waals surface area contributed by atoms with E-state index in [-0.39, 0.29) is 0 Å². The minimum atomic E-state index is 0.757. The zero-order chi connectivity index (χ0) is 10.5. The minimum Gasteiger partial charge on any atom is -0.315 e. The van der Waals surface area contributed by atoms with Crippen molar-refractivity contribution in [2.24, 2.45) is 11.8 Å². The summed E-state index contributed by atoms with van der Waals surface area (Å²) in [6.07, 6.45) is 8.62.